The maximum atomic E-state index is 11.8. The van der Waals surface area contributed by atoms with E-state index >= 15 is 0 Å². The van der Waals surface area contributed by atoms with Crippen molar-refractivity contribution < 1.29 is 14.7 Å². The maximum Gasteiger partial charge on any atom is 0.347 e. The van der Waals surface area contributed by atoms with Crippen LogP contribution in [0.15, 0.2) is 0 Å². The van der Waals surface area contributed by atoms with Crippen molar-refractivity contribution in [3.05, 3.63) is 15.6 Å². The Kier molecular flexibility index (Phi) is 4.62. The number of aromatic carboxylic acids is 1. The quantitative estimate of drug-likeness (QED) is 0.868. The van der Waals surface area contributed by atoms with Crippen molar-refractivity contribution in [1.29, 1.82) is 0 Å². The van der Waals surface area contributed by atoms with Gasteiger partial charge in [-0.3, -0.25) is 4.79 Å². The zero-order chi connectivity index (χ0) is 13.0. The van der Waals surface area contributed by atoms with E-state index in [1.165, 1.54) is 0 Å². The van der Waals surface area contributed by atoms with Crippen LogP contribution in [-0.2, 0) is 11.2 Å². The number of hydrogen-bond donors (Lipinski definition) is 1. The standard InChI is InChI=1S/C11H16N2O3S/c1-4-13(5-2)9(14)6-8-12-7(3)10(17-8)11(15)16/h4-6H2,1-3H3,(H,15,16). The summed E-state index contributed by atoms with van der Waals surface area (Å²) in [6.45, 7) is 6.79. The smallest absolute Gasteiger partial charge is 0.347 e. The Labute approximate surface area is 104 Å². The molecule has 1 amide bonds. The van der Waals surface area contributed by atoms with E-state index in [-0.39, 0.29) is 17.2 Å². The number of aromatic nitrogens is 1. The van der Waals surface area contributed by atoms with Crippen molar-refractivity contribution in [1.82, 2.24) is 9.88 Å². The normalized spacial score (nSPS) is 10.3. The summed E-state index contributed by atoms with van der Waals surface area (Å²) in [5.41, 5.74) is 0.477. The number of carboxylic acids is 1. The molecule has 0 saturated heterocycles. The minimum Gasteiger partial charge on any atom is -0.477 e. The summed E-state index contributed by atoms with van der Waals surface area (Å²) >= 11 is 1.08. The second kappa shape index (κ2) is 5.77. The molecule has 1 aromatic heterocycles. The van der Waals surface area contributed by atoms with Crippen LogP contribution in [0.4, 0.5) is 0 Å². The van der Waals surface area contributed by atoms with Crippen LogP contribution in [0, 0.1) is 6.92 Å². The molecule has 5 nitrogen and oxygen atoms in total. The topological polar surface area (TPSA) is 70.5 Å². The van der Waals surface area contributed by atoms with E-state index in [1.54, 1.807) is 11.8 Å². The second-order valence-corrected chi connectivity index (χ2v) is 4.65. The molecule has 0 aliphatic rings. The zero-order valence-electron chi connectivity index (χ0n) is 10.2. The first kappa shape index (κ1) is 13.6. The Bertz CT molecular complexity index is 424. The van der Waals surface area contributed by atoms with Gasteiger partial charge in [-0.25, -0.2) is 9.78 Å². The summed E-state index contributed by atoms with van der Waals surface area (Å²) < 4.78 is 0. The fourth-order valence-electron chi connectivity index (χ4n) is 1.54. The van der Waals surface area contributed by atoms with Crippen molar-refractivity contribution in [2.24, 2.45) is 0 Å². The Morgan fingerprint density at radius 3 is 2.35 bits per heavy atom. The molecule has 1 aromatic rings. The lowest BCUT2D eigenvalue weighted by atomic mass is 10.3. The molecule has 6 heteroatoms. The van der Waals surface area contributed by atoms with Crippen molar-refractivity contribution in [3.8, 4) is 0 Å². The molecule has 1 rings (SSSR count). The highest BCUT2D eigenvalue weighted by Crippen LogP contribution is 2.18. The van der Waals surface area contributed by atoms with Crippen LogP contribution >= 0.6 is 11.3 Å². The van der Waals surface area contributed by atoms with E-state index in [1.807, 2.05) is 13.8 Å². The van der Waals surface area contributed by atoms with Crippen molar-refractivity contribution in [3.63, 3.8) is 0 Å². The van der Waals surface area contributed by atoms with Crippen molar-refractivity contribution in [2.45, 2.75) is 27.2 Å². The first-order valence-corrected chi connectivity index (χ1v) is 6.28. The summed E-state index contributed by atoms with van der Waals surface area (Å²) in [5, 5.41) is 9.46. The maximum absolute atomic E-state index is 11.8. The molecule has 94 valence electrons. The molecule has 0 aliphatic heterocycles. The molecular formula is C11H16N2O3S. The summed E-state index contributed by atoms with van der Waals surface area (Å²) in [7, 11) is 0. The van der Waals surface area contributed by atoms with Gasteiger partial charge >= 0.3 is 5.97 Å². The summed E-state index contributed by atoms with van der Waals surface area (Å²) in [4.78, 5) is 28.7. The molecule has 0 aromatic carbocycles. The third-order valence-electron chi connectivity index (χ3n) is 2.45. The van der Waals surface area contributed by atoms with Crippen LogP contribution in [0.25, 0.3) is 0 Å². The van der Waals surface area contributed by atoms with Gasteiger partial charge in [0.1, 0.15) is 9.88 Å². The number of carbonyl (C=O) groups is 2. The van der Waals surface area contributed by atoms with E-state index in [0.717, 1.165) is 11.3 Å². The number of aryl methyl sites for hydroxylation is 1. The molecule has 0 bridgehead atoms. The number of nitrogens with zero attached hydrogens (tertiary/aromatic N) is 2. The molecule has 0 aliphatic carbocycles. The monoisotopic (exact) mass is 256 g/mol. The predicted octanol–water partition coefficient (Wildman–Crippen LogP) is 1.56. The number of carbonyl (C=O) groups excluding carboxylic acids is 1. The van der Waals surface area contributed by atoms with E-state index in [9.17, 15) is 9.59 Å². The van der Waals surface area contributed by atoms with Gasteiger partial charge in [-0.2, -0.15) is 0 Å². The molecule has 0 atom stereocenters. The van der Waals surface area contributed by atoms with Crippen LogP contribution in [-0.4, -0.2) is 40.0 Å². The SMILES string of the molecule is CCN(CC)C(=O)Cc1nc(C)c(C(=O)O)s1. The fraction of sp³-hybridized carbons (Fsp3) is 0.545. The van der Waals surface area contributed by atoms with Crippen molar-refractivity contribution in [2.75, 3.05) is 13.1 Å². The Morgan fingerprint density at radius 1 is 1.35 bits per heavy atom. The Hall–Kier alpha value is -1.43. The molecule has 17 heavy (non-hydrogen) atoms. The number of thiazole rings is 1. The molecule has 0 spiro atoms. The number of hydrogen-bond acceptors (Lipinski definition) is 4. The molecular weight excluding hydrogens is 240 g/mol. The van der Waals surface area contributed by atoms with Crippen LogP contribution in [0.5, 0.6) is 0 Å². The lowest BCUT2D eigenvalue weighted by Crippen LogP contribution is -2.31. The zero-order valence-corrected chi connectivity index (χ0v) is 11.0. The molecule has 0 radical (unpaired) electrons. The predicted molar refractivity (Wildman–Crippen MR) is 65.4 cm³/mol. The van der Waals surface area contributed by atoms with Gasteiger partial charge in [0.2, 0.25) is 5.91 Å². The number of rotatable bonds is 5. The average molecular weight is 256 g/mol. The number of amides is 1. The highest BCUT2D eigenvalue weighted by Gasteiger charge is 2.17. The van der Waals surface area contributed by atoms with E-state index in [2.05, 4.69) is 4.98 Å². The minimum atomic E-state index is -0.985. The third kappa shape index (κ3) is 3.26. The molecule has 0 saturated carbocycles. The summed E-state index contributed by atoms with van der Waals surface area (Å²) in [6, 6.07) is 0. The van der Waals surface area contributed by atoms with Gasteiger partial charge < -0.3 is 10.0 Å². The average Bonchev–Trinajstić information content (AvgIpc) is 2.61. The highest BCUT2D eigenvalue weighted by atomic mass is 32.1. The van der Waals surface area contributed by atoms with Crippen molar-refractivity contribution >= 4 is 23.2 Å². The third-order valence-corrected chi connectivity index (χ3v) is 3.60. The van der Waals surface area contributed by atoms with E-state index < -0.39 is 5.97 Å². The van der Waals surface area contributed by atoms with E-state index in [0.29, 0.717) is 23.8 Å². The van der Waals surface area contributed by atoms with Crippen LogP contribution in [0.3, 0.4) is 0 Å². The lowest BCUT2D eigenvalue weighted by Gasteiger charge is -2.17. The first-order valence-electron chi connectivity index (χ1n) is 5.46. The lowest BCUT2D eigenvalue weighted by molar-refractivity contribution is -0.130. The number of carboxylic acid groups (broad SMARTS) is 1. The van der Waals surface area contributed by atoms with Gasteiger partial charge in [0.05, 0.1) is 12.1 Å². The van der Waals surface area contributed by atoms with Gasteiger partial charge in [0.15, 0.2) is 0 Å². The van der Waals surface area contributed by atoms with E-state index in [4.69, 9.17) is 5.11 Å². The molecule has 1 N–H and O–H groups in total. The summed E-state index contributed by atoms with van der Waals surface area (Å²) in [5.74, 6) is -0.998. The number of likely N-dealkylation sites (N-methyl/N-ethyl adjacent to an activating group) is 1. The Balaban J connectivity index is 2.79. The second-order valence-electron chi connectivity index (χ2n) is 3.57. The molecule has 0 fully saturated rings. The Morgan fingerprint density at radius 2 is 1.94 bits per heavy atom. The minimum absolute atomic E-state index is 0.0133. The van der Waals surface area contributed by atoms with Gasteiger partial charge in [-0.1, -0.05) is 0 Å². The first-order chi connectivity index (χ1) is 7.99. The largest absolute Gasteiger partial charge is 0.477 e. The highest BCUT2D eigenvalue weighted by molar-refractivity contribution is 7.13. The molecule has 0 unspecified atom stereocenters. The van der Waals surface area contributed by atoms with Crippen LogP contribution in [0.1, 0.15) is 34.2 Å². The van der Waals surface area contributed by atoms with Crippen LogP contribution < -0.4 is 0 Å². The van der Waals surface area contributed by atoms with Gasteiger partial charge in [0.25, 0.3) is 0 Å². The summed E-state index contributed by atoms with van der Waals surface area (Å²) in [6.07, 6.45) is 0.181. The molecule has 1 heterocycles. The van der Waals surface area contributed by atoms with Gasteiger partial charge in [0, 0.05) is 13.1 Å². The van der Waals surface area contributed by atoms with Crippen LogP contribution in [0.2, 0.25) is 0 Å². The fourth-order valence-corrected chi connectivity index (χ4v) is 2.44. The van der Waals surface area contributed by atoms with Gasteiger partial charge in [-0.15, -0.1) is 11.3 Å². The van der Waals surface area contributed by atoms with Gasteiger partial charge in [-0.05, 0) is 20.8 Å².